The molecule has 3 aromatic rings. The molecule has 3 rings (SSSR count). The Hall–Kier alpha value is -2.64. The van der Waals surface area contributed by atoms with Crippen molar-refractivity contribution in [1.82, 2.24) is 23.8 Å². The first-order valence-corrected chi connectivity index (χ1v) is 7.52. The molecule has 0 aliphatic carbocycles. The maximum Gasteiger partial charge on any atom is 0.332 e. The predicted molar refractivity (Wildman–Crippen MR) is 84.4 cm³/mol. The minimum Gasteiger partial charge on any atom is -0.361 e. The van der Waals surface area contributed by atoms with Crippen LogP contribution >= 0.6 is 0 Å². The van der Waals surface area contributed by atoms with E-state index in [-0.39, 0.29) is 11.2 Å². The minimum atomic E-state index is -0.335. The lowest BCUT2D eigenvalue weighted by Gasteiger charge is -2.08. The summed E-state index contributed by atoms with van der Waals surface area (Å²) in [6.45, 7) is 2.23. The van der Waals surface area contributed by atoms with E-state index in [1.807, 2.05) is 13.0 Å². The summed E-state index contributed by atoms with van der Waals surface area (Å²) in [4.78, 5) is 29.0. The van der Waals surface area contributed by atoms with E-state index < -0.39 is 0 Å². The average Bonchev–Trinajstić information content (AvgIpc) is 3.10. The number of fused-ring (bicyclic) bond motifs is 1. The van der Waals surface area contributed by atoms with Crippen LogP contribution in [0.1, 0.15) is 24.3 Å². The van der Waals surface area contributed by atoms with E-state index in [1.54, 1.807) is 25.0 Å². The van der Waals surface area contributed by atoms with Crippen LogP contribution in [0.2, 0.25) is 0 Å². The highest BCUT2D eigenvalue weighted by atomic mass is 16.5. The number of aryl methyl sites for hydroxylation is 4. The van der Waals surface area contributed by atoms with Crippen molar-refractivity contribution in [2.45, 2.75) is 32.7 Å². The van der Waals surface area contributed by atoms with E-state index in [2.05, 4.69) is 10.1 Å². The van der Waals surface area contributed by atoms with Gasteiger partial charge in [0, 0.05) is 26.7 Å². The van der Waals surface area contributed by atoms with Crippen LogP contribution in [0.25, 0.3) is 11.2 Å². The summed E-state index contributed by atoms with van der Waals surface area (Å²) >= 11 is 0. The SMILES string of the molecule is Cc1cc(CCCCn2c(=O)c3c(ncn3C)n(C)c2=O)no1. The zero-order chi connectivity index (χ0) is 16.6. The van der Waals surface area contributed by atoms with Crippen LogP contribution in [-0.4, -0.2) is 23.8 Å². The molecule has 0 saturated heterocycles. The molecule has 0 N–H and O–H groups in total. The second-order valence-corrected chi connectivity index (χ2v) is 5.71. The molecule has 0 saturated carbocycles. The summed E-state index contributed by atoms with van der Waals surface area (Å²) in [5, 5.41) is 3.93. The lowest BCUT2D eigenvalue weighted by Crippen LogP contribution is -2.39. The summed E-state index contributed by atoms with van der Waals surface area (Å²) < 4.78 is 9.35. The van der Waals surface area contributed by atoms with Crippen molar-refractivity contribution in [2.75, 3.05) is 0 Å². The fourth-order valence-electron chi connectivity index (χ4n) is 2.71. The van der Waals surface area contributed by atoms with Crippen molar-refractivity contribution in [3.05, 3.63) is 44.7 Å². The van der Waals surface area contributed by atoms with Gasteiger partial charge in [-0.05, 0) is 26.2 Å². The number of unbranched alkanes of at least 4 members (excludes halogenated alkanes) is 1. The van der Waals surface area contributed by atoms with Crippen molar-refractivity contribution in [2.24, 2.45) is 14.1 Å². The molecule has 0 bridgehead atoms. The normalized spacial score (nSPS) is 11.4. The lowest BCUT2D eigenvalue weighted by molar-refractivity contribution is 0.389. The number of imidazole rings is 1. The van der Waals surface area contributed by atoms with E-state index in [9.17, 15) is 9.59 Å². The van der Waals surface area contributed by atoms with Gasteiger partial charge in [0.1, 0.15) is 5.76 Å². The Morgan fingerprint density at radius 1 is 1.22 bits per heavy atom. The van der Waals surface area contributed by atoms with Gasteiger partial charge in [0.25, 0.3) is 5.56 Å². The smallest absolute Gasteiger partial charge is 0.332 e. The highest BCUT2D eigenvalue weighted by Gasteiger charge is 2.14. The molecule has 0 spiro atoms. The zero-order valence-electron chi connectivity index (χ0n) is 13.4. The van der Waals surface area contributed by atoms with Crippen molar-refractivity contribution in [3.63, 3.8) is 0 Å². The monoisotopic (exact) mass is 317 g/mol. The fourth-order valence-corrected chi connectivity index (χ4v) is 2.71. The van der Waals surface area contributed by atoms with Gasteiger partial charge in [-0.15, -0.1) is 0 Å². The van der Waals surface area contributed by atoms with Crippen LogP contribution in [-0.2, 0) is 27.1 Å². The van der Waals surface area contributed by atoms with Crippen LogP contribution in [0.5, 0.6) is 0 Å². The van der Waals surface area contributed by atoms with E-state index in [0.29, 0.717) is 24.1 Å². The van der Waals surface area contributed by atoms with Crippen LogP contribution in [0, 0.1) is 6.92 Å². The van der Waals surface area contributed by atoms with E-state index in [0.717, 1.165) is 24.3 Å². The van der Waals surface area contributed by atoms with Gasteiger partial charge in [-0.1, -0.05) is 5.16 Å². The molecule has 0 fully saturated rings. The maximum atomic E-state index is 12.5. The first kappa shape index (κ1) is 15.3. The molecule has 8 heteroatoms. The topological polar surface area (TPSA) is 87.9 Å². The van der Waals surface area contributed by atoms with Crippen LogP contribution in [0.4, 0.5) is 0 Å². The van der Waals surface area contributed by atoms with Crippen LogP contribution < -0.4 is 11.2 Å². The molecule has 23 heavy (non-hydrogen) atoms. The van der Waals surface area contributed by atoms with Gasteiger partial charge in [0.2, 0.25) is 0 Å². The minimum absolute atomic E-state index is 0.291. The molecule has 0 aliphatic rings. The molecular weight excluding hydrogens is 298 g/mol. The highest BCUT2D eigenvalue weighted by Crippen LogP contribution is 2.07. The van der Waals surface area contributed by atoms with Gasteiger partial charge in [-0.3, -0.25) is 13.9 Å². The molecule has 0 amide bonds. The first-order chi connectivity index (χ1) is 11.0. The lowest BCUT2D eigenvalue weighted by atomic mass is 10.2. The number of hydrogen-bond acceptors (Lipinski definition) is 5. The molecular formula is C15H19N5O3. The quantitative estimate of drug-likeness (QED) is 0.648. The first-order valence-electron chi connectivity index (χ1n) is 7.52. The Morgan fingerprint density at radius 3 is 2.70 bits per heavy atom. The average molecular weight is 317 g/mol. The molecule has 0 aliphatic heterocycles. The van der Waals surface area contributed by atoms with Crippen molar-refractivity contribution < 1.29 is 4.52 Å². The molecule has 122 valence electrons. The number of hydrogen-bond donors (Lipinski definition) is 0. The third kappa shape index (κ3) is 2.71. The van der Waals surface area contributed by atoms with Gasteiger partial charge in [0.05, 0.1) is 12.0 Å². The van der Waals surface area contributed by atoms with Crippen molar-refractivity contribution in [3.8, 4) is 0 Å². The summed E-state index contributed by atoms with van der Waals surface area (Å²) in [5.74, 6) is 0.784. The maximum absolute atomic E-state index is 12.5. The zero-order valence-corrected chi connectivity index (χ0v) is 13.4. The largest absolute Gasteiger partial charge is 0.361 e. The molecule has 3 aromatic heterocycles. The summed E-state index contributed by atoms with van der Waals surface area (Å²) in [6, 6.07) is 1.90. The fraction of sp³-hybridized carbons (Fsp3) is 0.467. The van der Waals surface area contributed by atoms with E-state index in [1.165, 1.54) is 9.13 Å². The number of nitrogens with zero attached hydrogens (tertiary/aromatic N) is 5. The Bertz CT molecular complexity index is 960. The van der Waals surface area contributed by atoms with Gasteiger partial charge < -0.3 is 9.09 Å². The Labute approximate surface area is 132 Å². The molecule has 0 unspecified atom stereocenters. The van der Waals surface area contributed by atoms with Crippen LogP contribution in [0.15, 0.2) is 26.5 Å². The summed E-state index contributed by atoms with van der Waals surface area (Å²) in [7, 11) is 3.38. The summed E-state index contributed by atoms with van der Waals surface area (Å²) in [5.41, 5.74) is 1.12. The Morgan fingerprint density at radius 2 is 2.00 bits per heavy atom. The molecule has 0 atom stereocenters. The number of aromatic nitrogens is 5. The second-order valence-electron chi connectivity index (χ2n) is 5.71. The summed E-state index contributed by atoms with van der Waals surface area (Å²) in [6.07, 6.45) is 3.85. The van der Waals surface area contributed by atoms with E-state index in [4.69, 9.17) is 4.52 Å². The van der Waals surface area contributed by atoms with Gasteiger partial charge in [-0.25, -0.2) is 9.78 Å². The van der Waals surface area contributed by atoms with Crippen molar-refractivity contribution >= 4 is 11.2 Å². The standard InChI is InChI=1S/C15H19N5O3/c1-10-8-11(17-23-10)6-4-5-7-20-14(21)12-13(16-9-18(12)2)19(3)15(20)22/h8-9H,4-7H2,1-3H3. The van der Waals surface area contributed by atoms with Gasteiger partial charge >= 0.3 is 5.69 Å². The molecule has 3 heterocycles. The second kappa shape index (κ2) is 5.86. The van der Waals surface area contributed by atoms with Gasteiger partial charge in [0.15, 0.2) is 11.2 Å². The Balaban J connectivity index is 1.79. The highest BCUT2D eigenvalue weighted by molar-refractivity contribution is 5.69. The molecule has 8 nitrogen and oxygen atoms in total. The molecule has 0 aromatic carbocycles. The molecule has 0 radical (unpaired) electrons. The third-order valence-electron chi connectivity index (χ3n) is 3.94. The predicted octanol–water partition coefficient (Wildman–Crippen LogP) is 0.753. The number of rotatable bonds is 5. The van der Waals surface area contributed by atoms with Gasteiger partial charge in [-0.2, -0.15) is 0 Å². The van der Waals surface area contributed by atoms with Crippen LogP contribution in [0.3, 0.4) is 0 Å². The van der Waals surface area contributed by atoms with Crippen molar-refractivity contribution in [1.29, 1.82) is 0 Å². The Kier molecular flexibility index (Phi) is 3.89. The third-order valence-corrected chi connectivity index (χ3v) is 3.94. The van der Waals surface area contributed by atoms with E-state index >= 15 is 0 Å².